The number of rotatable bonds is 6. The average Bonchev–Trinajstić information content (AvgIpc) is 3.00. The smallest absolute Gasteiger partial charge is 0.274 e. The highest BCUT2D eigenvalue weighted by Gasteiger charge is 2.22. The molecule has 0 aliphatic carbocycles. The zero-order chi connectivity index (χ0) is 15.3. The number of hydrogen-bond acceptors (Lipinski definition) is 5. The van der Waals surface area contributed by atoms with Crippen LogP contribution in [0.3, 0.4) is 0 Å². The first kappa shape index (κ1) is 15.2. The van der Waals surface area contributed by atoms with Gasteiger partial charge in [-0.25, -0.2) is 4.72 Å². The van der Waals surface area contributed by atoms with E-state index in [0.717, 1.165) is 18.2 Å². The first-order valence-electron chi connectivity index (χ1n) is 6.49. The molecule has 0 spiro atoms. The van der Waals surface area contributed by atoms with Gasteiger partial charge in [0.1, 0.15) is 0 Å². The second-order valence-electron chi connectivity index (χ2n) is 4.56. The maximum atomic E-state index is 11.9. The third-order valence-electron chi connectivity index (χ3n) is 3.11. The number of aromatic nitrogens is 3. The minimum atomic E-state index is -3.96. The van der Waals surface area contributed by atoms with Gasteiger partial charge in [-0.2, -0.15) is 18.7 Å². The molecular formula is C13H16N4O3S. The Morgan fingerprint density at radius 3 is 2.62 bits per heavy atom. The van der Waals surface area contributed by atoms with Gasteiger partial charge in [-0.15, -0.1) is 5.10 Å². The van der Waals surface area contributed by atoms with Gasteiger partial charge < -0.3 is 0 Å². The van der Waals surface area contributed by atoms with Gasteiger partial charge in [-0.05, 0) is 17.9 Å². The molecule has 0 aliphatic rings. The number of amides is 1. The maximum Gasteiger partial charge on any atom is 0.285 e. The Hall–Kier alpha value is -2.22. The zero-order valence-corrected chi connectivity index (χ0v) is 12.3. The fraction of sp³-hybridized carbons (Fsp3) is 0.308. The van der Waals surface area contributed by atoms with E-state index in [2.05, 4.69) is 15.4 Å². The Balaban J connectivity index is 2.04. The van der Waals surface area contributed by atoms with Crippen molar-refractivity contribution in [3.63, 3.8) is 0 Å². The van der Waals surface area contributed by atoms with Crippen molar-refractivity contribution in [2.75, 3.05) is 0 Å². The van der Waals surface area contributed by atoms with E-state index in [0.29, 0.717) is 0 Å². The molecule has 2 rings (SSSR count). The van der Waals surface area contributed by atoms with Crippen LogP contribution in [0.2, 0.25) is 0 Å². The summed E-state index contributed by atoms with van der Waals surface area (Å²) in [7, 11) is -3.96. The van der Waals surface area contributed by atoms with Gasteiger partial charge in [-0.3, -0.25) is 4.79 Å². The van der Waals surface area contributed by atoms with Crippen molar-refractivity contribution in [1.29, 1.82) is 0 Å². The van der Waals surface area contributed by atoms with Gasteiger partial charge >= 0.3 is 0 Å². The van der Waals surface area contributed by atoms with Crippen LogP contribution < -0.4 is 4.72 Å². The highest BCUT2D eigenvalue weighted by atomic mass is 32.2. The van der Waals surface area contributed by atoms with Gasteiger partial charge in [0.25, 0.3) is 10.0 Å². The van der Waals surface area contributed by atoms with Crippen LogP contribution in [0.15, 0.2) is 41.6 Å². The molecule has 112 valence electrons. The predicted octanol–water partition coefficient (Wildman–Crippen LogP) is 1.19. The summed E-state index contributed by atoms with van der Waals surface area (Å²) in [5.41, 5.74) is 1.01. The van der Waals surface area contributed by atoms with Crippen LogP contribution in [0.4, 0.5) is 0 Å². The minimum Gasteiger partial charge on any atom is -0.274 e. The number of hydrogen-bond donors (Lipinski definition) is 2. The number of carbonyl (C=O) groups excluding carboxylic acids is 1. The maximum absolute atomic E-state index is 11.9. The first-order valence-corrected chi connectivity index (χ1v) is 7.97. The highest BCUT2D eigenvalue weighted by molar-refractivity contribution is 7.90. The van der Waals surface area contributed by atoms with Gasteiger partial charge in [0, 0.05) is 6.42 Å². The molecule has 0 bridgehead atoms. The molecule has 0 aliphatic heterocycles. The summed E-state index contributed by atoms with van der Waals surface area (Å²) >= 11 is 0. The summed E-state index contributed by atoms with van der Waals surface area (Å²) in [6.45, 7) is 1.96. The van der Waals surface area contributed by atoms with E-state index in [1.807, 2.05) is 42.0 Å². The summed E-state index contributed by atoms with van der Waals surface area (Å²) in [6, 6.07) is 9.52. The summed E-state index contributed by atoms with van der Waals surface area (Å²) in [5.74, 6) is -0.590. The number of aromatic amines is 1. The SMILES string of the molecule is CC[C@@H](CC(=O)NS(=O)(=O)c1cn[nH]n1)c1ccccc1. The van der Waals surface area contributed by atoms with Crippen LogP contribution in [-0.2, 0) is 14.8 Å². The minimum absolute atomic E-state index is 0.0290. The first-order chi connectivity index (χ1) is 10.0. The van der Waals surface area contributed by atoms with Crippen LogP contribution in [0.1, 0.15) is 31.2 Å². The summed E-state index contributed by atoms with van der Waals surface area (Å²) in [6.07, 6.45) is 1.88. The molecule has 8 heteroatoms. The number of carbonyl (C=O) groups is 1. The number of H-pyrrole nitrogens is 1. The third kappa shape index (κ3) is 3.88. The number of benzene rings is 1. The summed E-state index contributed by atoms with van der Waals surface area (Å²) in [5, 5.41) is 8.77. The van der Waals surface area contributed by atoms with E-state index in [4.69, 9.17) is 0 Å². The Labute approximate surface area is 122 Å². The molecule has 0 fully saturated rings. The van der Waals surface area contributed by atoms with Gasteiger partial charge in [0.2, 0.25) is 10.9 Å². The molecule has 2 N–H and O–H groups in total. The number of nitrogens with one attached hydrogen (secondary N) is 2. The van der Waals surface area contributed by atoms with Crippen LogP contribution in [0, 0.1) is 0 Å². The van der Waals surface area contributed by atoms with E-state index in [1.54, 1.807) is 0 Å². The molecule has 1 aromatic carbocycles. The van der Waals surface area contributed by atoms with E-state index >= 15 is 0 Å². The molecule has 7 nitrogen and oxygen atoms in total. The molecule has 2 aromatic rings. The molecule has 1 atom stereocenters. The average molecular weight is 308 g/mol. The summed E-state index contributed by atoms with van der Waals surface area (Å²) in [4.78, 5) is 11.9. The topological polar surface area (TPSA) is 105 Å². The normalized spacial score (nSPS) is 12.8. The monoisotopic (exact) mass is 308 g/mol. The lowest BCUT2D eigenvalue weighted by molar-refractivity contribution is -0.119. The standard InChI is InChI=1S/C13H16N4O3S/c1-2-10(11-6-4-3-5-7-11)8-12(18)16-21(19,20)13-9-14-17-15-13/h3-7,9-10H,2,8H2,1H3,(H,16,18)(H,14,15,17)/t10-/m0/s1. The molecular weight excluding hydrogens is 292 g/mol. The van der Waals surface area contributed by atoms with Crippen LogP contribution in [-0.4, -0.2) is 29.7 Å². The molecule has 0 radical (unpaired) electrons. The van der Waals surface area contributed by atoms with Crippen molar-refractivity contribution in [3.05, 3.63) is 42.1 Å². The lowest BCUT2D eigenvalue weighted by Crippen LogP contribution is -2.31. The van der Waals surface area contributed by atoms with E-state index in [9.17, 15) is 13.2 Å². The fourth-order valence-electron chi connectivity index (χ4n) is 2.01. The molecule has 21 heavy (non-hydrogen) atoms. The van der Waals surface area contributed by atoms with Crippen molar-refractivity contribution in [2.24, 2.45) is 0 Å². The Morgan fingerprint density at radius 1 is 1.33 bits per heavy atom. The van der Waals surface area contributed by atoms with Crippen molar-refractivity contribution >= 4 is 15.9 Å². The van der Waals surface area contributed by atoms with Gasteiger partial charge in [0.15, 0.2) is 0 Å². The molecule has 0 unspecified atom stereocenters. The van der Waals surface area contributed by atoms with Crippen molar-refractivity contribution in [1.82, 2.24) is 20.1 Å². The molecule has 1 heterocycles. The van der Waals surface area contributed by atoms with Crippen LogP contribution in [0.5, 0.6) is 0 Å². The quantitative estimate of drug-likeness (QED) is 0.834. The van der Waals surface area contributed by atoms with E-state index in [-0.39, 0.29) is 17.4 Å². The predicted molar refractivity (Wildman–Crippen MR) is 75.8 cm³/mol. The zero-order valence-electron chi connectivity index (χ0n) is 11.5. The highest BCUT2D eigenvalue weighted by Crippen LogP contribution is 2.22. The second kappa shape index (κ2) is 6.49. The number of nitrogens with zero attached hydrogens (tertiary/aromatic N) is 2. The Bertz CT molecular complexity index is 683. The Morgan fingerprint density at radius 2 is 2.05 bits per heavy atom. The lowest BCUT2D eigenvalue weighted by Gasteiger charge is -2.14. The van der Waals surface area contributed by atoms with Crippen LogP contribution in [0.25, 0.3) is 0 Å². The van der Waals surface area contributed by atoms with Gasteiger partial charge in [-0.1, -0.05) is 37.3 Å². The van der Waals surface area contributed by atoms with Crippen LogP contribution >= 0.6 is 0 Å². The fourth-order valence-corrected chi connectivity index (χ4v) is 2.85. The molecule has 0 saturated heterocycles. The lowest BCUT2D eigenvalue weighted by atomic mass is 9.93. The van der Waals surface area contributed by atoms with E-state index < -0.39 is 15.9 Å². The molecule has 1 aromatic heterocycles. The van der Waals surface area contributed by atoms with Crippen molar-refractivity contribution < 1.29 is 13.2 Å². The number of sulfonamides is 1. The van der Waals surface area contributed by atoms with Crippen molar-refractivity contribution in [2.45, 2.75) is 30.7 Å². The van der Waals surface area contributed by atoms with E-state index in [1.165, 1.54) is 0 Å². The third-order valence-corrected chi connectivity index (χ3v) is 4.36. The largest absolute Gasteiger partial charge is 0.285 e. The van der Waals surface area contributed by atoms with Crippen molar-refractivity contribution in [3.8, 4) is 0 Å². The molecule has 0 saturated carbocycles. The second-order valence-corrected chi connectivity index (χ2v) is 6.19. The molecule has 1 amide bonds. The Kier molecular flexibility index (Phi) is 4.69. The van der Waals surface area contributed by atoms with Gasteiger partial charge in [0.05, 0.1) is 6.20 Å². The summed E-state index contributed by atoms with van der Waals surface area (Å²) < 4.78 is 25.7.